The van der Waals surface area contributed by atoms with Gasteiger partial charge in [0.25, 0.3) is 5.91 Å². The maximum atomic E-state index is 12.4. The van der Waals surface area contributed by atoms with Crippen molar-refractivity contribution in [2.45, 2.75) is 33.2 Å². The summed E-state index contributed by atoms with van der Waals surface area (Å²) in [5, 5.41) is 11.9. The van der Waals surface area contributed by atoms with Crippen molar-refractivity contribution < 1.29 is 19.1 Å². The molecule has 1 aromatic heterocycles. The molecule has 5 nitrogen and oxygen atoms in total. The fourth-order valence-electron chi connectivity index (χ4n) is 2.48. The van der Waals surface area contributed by atoms with Gasteiger partial charge in [-0.1, -0.05) is 24.3 Å². The van der Waals surface area contributed by atoms with E-state index in [-0.39, 0.29) is 12.3 Å². The number of aryl methyl sites for hydroxylation is 3. The highest BCUT2D eigenvalue weighted by Crippen LogP contribution is 2.22. The third kappa shape index (κ3) is 3.55. The van der Waals surface area contributed by atoms with Crippen LogP contribution in [0.5, 0.6) is 0 Å². The molecule has 2 N–H and O–H groups in total. The van der Waals surface area contributed by atoms with Gasteiger partial charge in [-0.3, -0.25) is 9.59 Å². The van der Waals surface area contributed by atoms with E-state index >= 15 is 0 Å². The molecule has 5 heteroatoms. The molecule has 0 fully saturated rings. The number of carboxylic acids is 1. The summed E-state index contributed by atoms with van der Waals surface area (Å²) in [7, 11) is 0. The van der Waals surface area contributed by atoms with E-state index in [2.05, 4.69) is 5.32 Å². The number of carboxylic acid groups (broad SMARTS) is 1. The van der Waals surface area contributed by atoms with Crippen LogP contribution in [0.3, 0.4) is 0 Å². The second kappa shape index (κ2) is 6.47. The molecule has 0 spiro atoms. The number of hydrogen-bond acceptors (Lipinski definition) is 3. The minimum Gasteiger partial charge on any atom is -0.481 e. The van der Waals surface area contributed by atoms with E-state index in [1.807, 2.05) is 31.2 Å². The molecule has 1 atom stereocenters. The number of hydrogen-bond donors (Lipinski definition) is 2. The van der Waals surface area contributed by atoms with E-state index in [1.54, 1.807) is 19.9 Å². The molecule has 0 aliphatic rings. The van der Waals surface area contributed by atoms with Crippen molar-refractivity contribution in [3.05, 3.63) is 58.5 Å². The highest BCUT2D eigenvalue weighted by atomic mass is 16.4. The zero-order valence-corrected chi connectivity index (χ0v) is 12.8. The largest absolute Gasteiger partial charge is 0.481 e. The Morgan fingerprint density at radius 2 is 1.91 bits per heavy atom. The highest BCUT2D eigenvalue weighted by Gasteiger charge is 2.22. The molecule has 0 bridgehead atoms. The number of furan rings is 1. The number of amides is 1. The third-order valence-electron chi connectivity index (χ3n) is 3.53. The monoisotopic (exact) mass is 301 g/mol. The number of aliphatic carboxylic acids is 1. The Morgan fingerprint density at radius 3 is 2.45 bits per heavy atom. The van der Waals surface area contributed by atoms with Crippen molar-refractivity contribution in [1.82, 2.24) is 5.32 Å². The van der Waals surface area contributed by atoms with Crippen LogP contribution in [-0.2, 0) is 4.79 Å². The second-order valence-corrected chi connectivity index (χ2v) is 5.31. The minimum absolute atomic E-state index is 0.174. The minimum atomic E-state index is -0.964. The van der Waals surface area contributed by atoms with Crippen molar-refractivity contribution in [3.8, 4) is 0 Å². The summed E-state index contributed by atoms with van der Waals surface area (Å²) in [6.07, 6.45) is -0.174. The van der Waals surface area contributed by atoms with Gasteiger partial charge in [0.05, 0.1) is 18.0 Å². The Kier molecular flexibility index (Phi) is 4.65. The predicted molar refractivity (Wildman–Crippen MR) is 81.8 cm³/mol. The Morgan fingerprint density at radius 1 is 1.23 bits per heavy atom. The first-order valence-electron chi connectivity index (χ1n) is 7.03. The predicted octanol–water partition coefficient (Wildman–Crippen LogP) is 3.15. The molecule has 22 heavy (non-hydrogen) atoms. The Balaban J connectivity index is 2.27. The molecular formula is C17H19NO4. The van der Waals surface area contributed by atoms with Crippen LogP contribution >= 0.6 is 0 Å². The van der Waals surface area contributed by atoms with Crippen LogP contribution in [0.25, 0.3) is 0 Å². The number of carbonyl (C=O) groups is 2. The van der Waals surface area contributed by atoms with Crippen LogP contribution < -0.4 is 5.32 Å². The molecule has 1 aromatic carbocycles. The van der Waals surface area contributed by atoms with Crippen molar-refractivity contribution in [2.75, 3.05) is 0 Å². The first-order valence-corrected chi connectivity index (χ1v) is 7.03. The number of nitrogens with one attached hydrogen (secondary N) is 1. The van der Waals surface area contributed by atoms with Crippen molar-refractivity contribution in [3.63, 3.8) is 0 Å². The summed E-state index contributed by atoms with van der Waals surface area (Å²) in [5.74, 6) is -0.125. The maximum Gasteiger partial charge on any atom is 0.305 e. The number of benzene rings is 1. The molecule has 2 aromatic rings. The van der Waals surface area contributed by atoms with Gasteiger partial charge in [0, 0.05) is 0 Å². The van der Waals surface area contributed by atoms with Gasteiger partial charge in [0.15, 0.2) is 0 Å². The fourth-order valence-corrected chi connectivity index (χ4v) is 2.48. The quantitative estimate of drug-likeness (QED) is 0.889. The molecule has 1 amide bonds. The summed E-state index contributed by atoms with van der Waals surface area (Å²) in [6, 6.07) is 8.50. The lowest BCUT2D eigenvalue weighted by atomic mass is 9.98. The zero-order chi connectivity index (χ0) is 16.3. The van der Waals surface area contributed by atoms with Crippen LogP contribution in [0.2, 0.25) is 0 Å². The lowest BCUT2D eigenvalue weighted by Gasteiger charge is -2.19. The molecule has 0 aliphatic heterocycles. The topological polar surface area (TPSA) is 79.5 Å². The third-order valence-corrected chi connectivity index (χ3v) is 3.53. The van der Waals surface area contributed by atoms with E-state index in [1.165, 1.54) is 0 Å². The highest BCUT2D eigenvalue weighted by molar-refractivity contribution is 5.95. The van der Waals surface area contributed by atoms with E-state index < -0.39 is 12.0 Å². The molecule has 0 aliphatic carbocycles. The first-order chi connectivity index (χ1) is 10.4. The SMILES string of the molecule is Cc1cc(C(=O)NC(CC(=O)O)c2ccccc2C)c(C)o1. The van der Waals surface area contributed by atoms with Gasteiger partial charge in [-0.2, -0.15) is 0 Å². The first kappa shape index (κ1) is 15.8. The maximum absolute atomic E-state index is 12.4. The van der Waals surface area contributed by atoms with Gasteiger partial charge in [-0.05, 0) is 38.0 Å². The molecule has 0 radical (unpaired) electrons. The van der Waals surface area contributed by atoms with Gasteiger partial charge in [-0.25, -0.2) is 0 Å². The standard InChI is InChI=1S/C17H19NO4/c1-10-6-4-5-7-13(10)15(9-16(19)20)18-17(21)14-8-11(2)22-12(14)3/h4-8,15H,9H2,1-3H3,(H,18,21)(H,19,20). The lowest BCUT2D eigenvalue weighted by Crippen LogP contribution is -2.30. The normalized spacial score (nSPS) is 12.0. The van der Waals surface area contributed by atoms with Crippen LogP contribution in [0.15, 0.2) is 34.7 Å². The van der Waals surface area contributed by atoms with Crippen LogP contribution in [0.4, 0.5) is 0 Å². The average molecular weight is 301 g/mol. The van der Waals surface area contributed by atoms with E-state index in [0.29, 0.717) is 17.1 Å². The zero-order valence-electron chi connectivity index (χ0n) is 12.8. The van der Waals surface area contributed by atoms with Crippen molar-refractivity contribution in [2.24, 2.45) is 0 Å². The molecule has 0 saturated heterocycles. The van der Waals surface area contributed by atoms with Gasteiger partial charge in [0.1, 0.15) is 11.5 Å². The number of rotatable bonds is 5. The molecule has 116 valence electrons. The van der Waals surface area contributed by atoms with Crippen molar-refractivity contribution >= 4 is 11.9 Å². The van der Waals surface area contributed by atoms with E-state index in [0.717, 1.165) is 11.1 Å². The Bertz CT molecular complexity index is 702. The molecular weight excluding hydrogens is 282 g/mol. The summed E-state index contributed by atoms with van der Waals surface area (Å²) in [5.41, 5.74) is 2.17. The molecule has 2 rings (SSSR count). The number of carbonyl (C=O) groups excluding carboxylic acids is 1. The van der Waals surface area contributed by atoms with Gasteiger partial charge in [0.2, 0.25) is 0 Å². The summed E-state index contributed by atoms with van der Waals surface area (Å²) in [6.45, 7) is 5.37. The van der Waals surface area contributed by atoms with Crippen LogP contribution in [0.1, 0.15) is 45.5 Å². The summed E-state index contributed by atoms with van der Waals surface area (Å²) in [4.78, 5) is 23.5. The average Bonchev–Trinajstić information content (AvgIpc) is 2.77. The second-order valence-electron chi connectivity index (χ2n) is 5.31. The fraction of sp³-hybridized carbons (Fsp3) is 0.294. The summed E-state index contributed by atoms with van der Waals surface area (Å²) >= 11 is 0. The van der Waals surface area contributed by atoms with Gasteiger partial charge >= 0.3 is 5.97 Å². The Hall–Kier alpha value is -2.56. The van der Waals surface area contributed by atoms with Crippen molar-refractivity contribution in [1.29, 1.82) is 0 Å². The smallest absolute Gasteiger partial charge is 0.305 e. The Labute approximate surface area is 129 Å². The van der Waals surface area contributed by atoms with Crippen LogP contribution in [-0.4, -0.2) is 17.0 Å². The van der Waals surface area contributed by atoms with Gasteiger partial charge < -0.3 is 14.8 Å². The molecule has 1 unspecified atom stereocenters. The van der Waals surface area contributed by atoms with E-state index in [4.69, 9.17) is 9.52 Å². The summed E-state index contributed by atoms with van der Waals surface area (Å²) < 4.78 is 5.35. The molecule has 0 saturated carbocycles. The molecule has 1 heterocycles. The van der Waals surface area contributed by atoms with Gasteiger partial charge in [-0.15, -0.1) is 0 Å². The van der Waals surface area contributed by atoms with Crippen LogP contribution in [0, 0.1) is 20.8 Å². The lowest BCUT2D eigenvalue weighted by molar-refractivity contribution is -0.137. The van der Waals surface area contributed by atoms with E-state index in [9.17, 15) is 9.59 Å².